The lowest BCUT2D eigenvalue weighted by atomic mass is 10.3. The number of nitrogens with one attached hydrogen (secondary N) is 2. The smallest absolute Gasteiger partial charge is 0.225 e. The van der Waals surface area contributed by atoms with Gasteiger partial charge in [-0.2, -0.15) is 5.10 Å². The zero-order valence-electron chi connectivity index (χ0n) is 7.63. The molecule has 0 aromatic carbocycles. The Morgan fingerprint density at radius 3 is 3.08 bits per heavy atom. The predicted molar refractivity (Wildman–Crippen MR) is 50.2 cm³/mol. The fourth-order valence-electron chi connectivity index (χ4n) is 0.937. The quantitative estimate of drug-likeness (QED) is 0.630. The van der Waals surface area contributed by atoms with E-state index in [1.54, 1.807) is 6.20 Å². The van der Waals surface area contributed by atoms with E-state index < -0.39 is 0 Å². The van der Waals surface area contributed by atoms with E-state index in [1.807, 2.05) is 6.92 Å². The number of aryl methyl sites for hydroxylation is 1. The van der Waals surface area contributed by atoms with Gasteiger partial charge in [-0.3, -0.25) is 9.89 Å². The minimum Gasteiger partial charge on any atom is -0.330 e. The van der Waals surface area contributed by atoms with Crippen molar-refractivity contribution < 1.29 is 4.79 Å². The summed E-state index contributed by atoms with van der Waals surface area (Å²) < 4.78 is 0. The van der Waals surface area contributed by atoms with Gasteiger partial charge in [-0.1, -0.05) is 0 Å². The molecule has 1 rings (SSSR count). The first-order valence-electron chi connectivity index (χ1n) is 4.24. The molecule has 0 unspecified atom stereocenters. The minimum absolute atomic E-state index is 0.0298. The van der Waals surface area contributed by atoms with Crippen molar-refractivity contribution in [2.75, 3.05) is 11.9 Å². The van der Waals surface area contributed by atoms with E-state index in [4.69, 9.17) is 5.73 Å². The Hall–Kier alpha value is -1.36. The standard InChI is InChI=1S/C8H14N4O/c1-6-5-10-12-8(6)11-7(13)3-2-4-9/h5H,2-4,9H2,1H3,(H2,10,11,12,13). The van der Waals surface area contributed by atoms with Gasteiger partial charge in [0.15, 0.2) is 0 Å². The van der Waals surface area contributed by atoms with E-state index in [9.17, 15) is 4.79 Å². The molecule has 4 N–H and O–H groups in total. The molecular formula is C8H14N4O. The molecule has 1 amide bonds. The van der Waals surface area contributed by atoms with Gasteiger partial charge in [0.2, 0.25) is 5.91 Å². The van der Waals surface area contributed by atoms with Crippen LogP contribution in [0.5, 0.6) is 0 Å². The lowest BCUT2D eigenvalue weighted by Crippen LogP contribution is -2.14. The van der Waals surface area contributed by atoms with E-state index in [-0.39, 0.29) is 5.91 Å². The average Bonchev–Trinajstić information content (AvgIpc) is 2.48. The first-order valence-corrected chi connectivity index (χ1v) is 4.24. The van der Waals surface area contributed by atoms with Gasteiger partial charge >= 0.3 is 0 Å². The molecule has 0 bridgehead atoms. The summed E-state index contributed by atoms with van der Waals surface area (Å²) in [5, 5.41) is 9.20. The molecule has 1 aromatic heterocycles. The van der Waals surface area contributed by atoms with E-state index in [1.165, 1.54) is 0 Å². The Morgan fingerprint density at radius 2 is 2.54 bits per heavy atom. The second-order valence-electron chi connectivity index (χ2n) is 2.87. The fraction of sp³-hybridized carbons (Fsp3) is 0.500. The van der Waals surface area contributed by atoms with E-state index in [0.717, 1.165) is 5.56 Å². The molecule has 1 heterocycles. The van der Waals surface area contributed by atoms with Crippen molar-refractivity contribution in [3.8, 4) is 0 Å². The summed E-state index contributed by atoms with van der Waals surface area (Å²) in [5.74, 6) is 0.639. The van der Waals surface area contributed by atoms with Crippen LogP contribution in [0.4, 0.5) is 5.82 Å². The van der Waals surface area contributed by atoms with Crippen LogP contribution in [-0.2, 0) is 4.79 Å². The van der Waals surface area contributed by atoms with Crippen molar-refractivity contribution in [2.45, 2.75) is 19.8 Å². The molecule has 5 nitrogen and oxygen atoms in total. The lowest BCUT2D eigenvalue weighted by Gasteiger charge is -2.01. The number of aromatic nitrogens is 2. The van der Waals surface area contributed by atoms with Crippen LogP contribution >= 0.6 is 0 Å². The Morgan fingerprint density at radius 1 is 1.77 bits per heavy atom. The van der Waals surface area contributed by atoms with Gasteiger partial charge in [-0.25, -0.2) is 0 Å². The van der Waals surface area contributed by atoms with Crippen LogP contribution in [0.15, 0.2) is 6.20 Å². The first kappa shape index (κ1) is 9.73. The van der Waals surface area contributed by atoms with Gasteiger partial charge in [-0.15, -0.1) is 0 Å². The number of H-pyrrole nitrogens is 1. The van der Waals surface area contributed by atoms with Crippen LogP contribution in [0.25, 0.3) is 0 Å². The number of rotatable bonds is 4. The Bertz CT molecular complexity index is 281. The van der Waals surface area contributed by atoms with Crippen molar-refractivity contribution in [2.24, 2.45) is 5.73 Å². The molecule has 0 aliphatic heterocycles. The van der Waals surface area contributed by atoms with Gasteiger partial charge in [0.25, 0.3) is 0 Å². The van der Waals surface area contributed by atoms with Crippen molar-refractivity contribution in [1.82, 2.24) is 10.2 Å². The number of carbonyl (C=O) groups is 1. The topological polar surface area (TPSA) is 83.8 Å². The minimum atomic E-state index is -0.0298. The summed E-state index contributed by atoms with van der Waals surface area (Å²) in [7, 11) is 0. The zero-order chi connectivity index (χ0) is 9.68. The van der Waals surface area contributed by atoms with Crippen LogP contribution in [0, 0.1) is 6.92 Å². The highest BCUT2D eigenvalue weighted by atomic mass is 16.1. The van der Waals surface area contributed by atoms with Crippen molar-refractivity contribution in [1.29, 1.82) is 0 Å². The Labute approximate surface area is 76.7 Å². The molecule has 5 heteroatoms. The molecule has 1 aromatic rings. The predicted octanol–water partition coefficient (Wildman–Crippen LogP) is 0.396. The molecule has 72 valence electrons. The highest BCUT2D eigenvalue weighted by Crippen LogP contribution is 2.08. The summed E-state index contributed by atoms with van der Waals surface area (Å²) >= 11 is 0. The van der Waals surface area contributed by atoms with E-state index in [0.29, 0.717) is 25.2 Å². The molecular weight excluding hydrogens is 168 g/mol. The summed E-state index contributed by atoms with van der Waals surface area (Å²) in [6.07, 6.45) is 2.83. The number of nitrogens with zero attached hydrogens (tertiary/aromatic N) is 1. The van der Waals surface area contributed by atoms with Crippen LogP contribution in [0.1, 0.15) is 18.4 Å². The third-order valence-corrected chi connectivity index (χ3v) is 1.70. The second-order valence-corrected chi connectivity index (χ2v) is 2.87. The normalized spacial score (nSPS) is 10.0. The Balaban J connectivity index is 2.41. The molecule has 0 aliphatic carbocycles. The Kier molecular flexibility index (Phi) is 3.45. The molecule has 0 fully saturated rings. The summed E-state index contributed by atoms with van der Waals surface area (Å²) in [6.45, 7) is 2.41. The summed E-state index contributed by atoms with van der Waals surface area (Å²) in [5.41, 5.74) is 6.21. The number of hydrogen-bond donors (Lipinski definition) is 3. The molecule has 0 aliphatic rings. The van der Waals surface area contributed by atoms with Crippen LogP contribution in [0.3, 0.4) is 0 Å². The number of aromatic amines is 1. The summed E-state index contributed by atoms with van der Waals surface area (Å²) in [6, 6.07) is 0. The van der Waals surface area contributed by atoms with Gasteiger partial charge in [-0.05, 0) is 19.9 Å². The maximum atomic E-state index is 11.2. The molecule has 13 heavy (non-hydrogen) atoms. The van der Waals surface area contributed by atoms with Crippen molar-refractivity contribution in [3.63, 3.8) is 0 Å². The summed E-state index contributed by atoms with van der Waals surface area (Å²) in [4.78, 5) is 11.2. The molecule has 0 spiro atoms. The fourth-order valence-corrected chi connectivity index (χ4v) is 0.937. The van der Waals surface area contributed by atoms with Gasteiger partial charge < -0.3 is 11.1 Å². The number of anilines is 1. The molecule has 0 saturated carbocycles. The van der Waals surface area contributed by atoms with Gasteiger partial charge in [0.1, 0.15) is 5.82 Å². The van der Waals surface area contributed by atoms with Gasteiger partial charge in [0, 0.05) is 12.0 Å². The molecule has 0 radical (unpaired) electrons. The SMILES string of the molecule is Cc1cn[nH]c1NC(=O)CCCN. The first-order chi connectivity index (χ1) is 6.24. The van der Waals surface area contributed by atoms with Crippen LogP contribution in [-0.4, -0.2) is 22.6 Å². The highest BCUT2D eigenvalue weighted by Gasteiger charge is 2.04. The maximum Gasteiger partial charge on any atom is 0.225 e. The van der Waals surface area contributed by atoms with Gasteiger partial charge in [0.05, 0.1) is 6.20 Å². The third-order valence-electron chi connectivity index (χ3n) is 1.70. The second kappa shape index (κ2) is 4.61. The molecule has 0 saturated heterocycles. The van der Waals surface area contributed by atoms with Crippen LogP contribution < -0.4 is 11.1 Å². The van der Waals surface area contributed by atoms with Crippen molar-refractivity contribution in [3.05, 3.63) is 11.8 Å². The number of nitrogens with two attached hydrogens (primary N) is 1. The lowest BCUT2D eigenvalue weighted by molar-refractivity contribution is -0.116. The average molecular weight is 182 g/mol. The van der Waals surface area contributed by atoms with Crippen LogP contribution in [0.2, 0.25) is 0 Å². The maximum absolute atomic E-state index is 11.2. The zero-order valence-corrected chi connectivity index (χ0v) is 7.63. The number of carbonyl (C=O) groups excluding carboxylic acids is 1. The third kappa shape index (κ3) is 2.87. The largest absolute Gasteiger partial charge is 0.330 e. The van der Waals surface area contributed by atoms with E-state index in [2.05, 4.69) is 15.5 Å². The number of amides is 1. The highest BCUT2D eigenvalue weighted by molar-refractivity contribution is 5.90. The molecule has 0 atom stereocenters. The van der Waals surface area contributed by atoms with E-state index >= 15 is 0 Å². The number of hydrogen-bond acceptors (Lipinski definition) is 3. The monoisotopic (exact) mass is 182 g/mol. The van der Waals surface area contributed by atoms with Crippen molar-refractivity contribution >= 4 is 11.7 Å².